The average Bonchev–Trinajstić information content (AvgIpc) is 2.81. The predicted molar refractivity (Wildman–Crippen MR) is 124 cm³/mol. The van der Waals surface area contributed by atoms with Crippen molar-refractivity contribution in [2.45, 2.75) is 57.0 Å². The maximum atomic E-state index is 13.3. The molecule has 0 N–H and O–H groups in total. The second-order valence-corrected chi connectivity index (χ2v) is 8.72. The lowest BCUT2D eigenvalue weighted by atomic mass is 9.64. The molecule has 0 atom stereocenters. The van der Waals surface area contributed by atoms with E-state index in [4.69, 9.17) is 0 Å². The van der Waals surface area contributed by atoms with Crippen molar-refractivity contribution in [2.24, 2.45) is 0 Å². The summed E-state index contributed by atoms with van der Waals surface area (Å²) in [5.74, 6) is 0.155. The first-order valence-electron chi connectivity index (χ1n) is 11.1. The van der Waals surface area contributed by atoms with Gasteiger partial charge in [0.25, 0.3) is 5.91 Å². The highest BCUT2D eigenvalue weighted by Gasteiger charge is 2.41. The molecule has 0 spiro atoms. The fourth-order valence-corrected chi connectivity index (χ4v) is 5.18. The van der Waals surface area contributed by atoms with Crippen molar-refractivity contribution in [3.8, 4) is 0 Å². The van der Waals surface area contributed by atoms with Gasteiger partial charge in [0.2, 0.25) is 0 Å². The van der Waals surface area contributed by atoms with Crippen molar-refractivity contribution >= 4 is 5.91 Å². The highest BCUT2D eigenvalue weighted by atomic mass is 16.2. The van der Waals surface area contributed by atoms with Crippen LogP contribution in [0.5, 0.6) is 0 Å². The van der Waals surface area contributed by atoms with Crippen LogP contribution in [0.1, 0.15) is 61.0 Å². The minimum Gasteiger partial charge on any atom is -0.333 e. The van der Waals surface area contributed by atoms with E-state index in [0.717, 1.165) is 31.2 Å². The molecule has 0 bridgehead atoms. The zero-order chi connectivity index (χ0) is 21.0. The lowest BCUT2D eigenvalue weighted by molar-refractivity contribution is 0.0522. The van der Waals surface area contributed by atoms with Gasteiger partial charge in [0, 0.05) is 23.1 Å². The number of carbonyl (C=O) groups is 1. The Morgan fingerprint density at radius 2 is 1.20 bits per heavy atom. The molecule has 3 aromatic rings. The Bertz CT molecular complexity index is 900. The fourth-order valence-electron chi connectivity index (χ4n) is 5.18. The number of rotatable bonds is 5. The molecular formula is C28H31NO. The van der Waals surface area contributed by atoms with Gasteiger partial charge in [0.05, 0.1) is 0 Å². The van der Waals surface area contributed by atoms with Crippen LogP contribution >= 0.6 is 0 Å². The van der Waals surface area contributed by atoms with Crippen molar-refractivity contribution in [1.82, 2.24) is 4.90 Å². The molecule has 0 heterocycles. The maximum Gasteiger partial charge on any atom is 0.254 e. The molecule has 0 radical (unpaired) electrons. The molecule has 154 valence electrons. The molecule has 1 fully saturated rings. The molecule has 1 amide bonds. The van der Waals surface area contributed by atoms with Gasteiger partial charge in [-0.15, -0.1) is 0 Å². The molecule has 2 heteroatoms. The summed E-state index contributed by atoms with van der Waals surface area (Å²) in [7, 11) is 0. The monoisotopic (exact) mass is 397 g/mol. The van der Waals surface area contributed by atoms with Crippen molar-refractivity contribution < 1.29 is 4.79 Å². The summed E-state index contributed by atoms with van der Waals surface area (Å²) < 4.78 is 0. The molecule has 0 aromatic heterocycles. The highest BCUT2D eigenvalue weighted by Crippen LogP contribution is 2.46. The van der Waals surface area contributed by atoms with Crippen LogP contribution in [0, 0.1) is 0 Å². The van der Waals surface area contributed by atoms with E-state index in [1.54, 1.807) is 0 Å². The zero-order valence-corrected chi connectivity index (χ0v) is 18.0. The summed E-state index contributed by atoms with van der Waals surface area (Å²) in [6.07, 6.45) is 4.13. The van der Waals surface area contributed by atoms with E-state index < -0.39 is 0 Å². The quantitative estimate of drug-likeness (QED) is 0.483. The van der Waals surface area contributed by atoms with Crippen LogP contribution in [-0.2, 0) is 5.41 Å². The number of hydrogen-bond acceptors (Lipinski definition) is 1. The van der Waals surface area contributed by atoms with Gasteiger partial charge in [-0.1, -0.05) is 78.9 Å². The molecule has 1 aliphatic rings. The number of amides is 1. The summed E-state index contributed by atoms with van der Waals surface area (Å²) in [6, 6.07) is 32.0. The molecule has 1 saturated carbocycles. The Morgan fingerprint density at radius 1 is 0.767 bits per heavy atom. The van der Waals surface area contributed by atoms with Crippen LogP contribution in [0.25, 0.3) is 0 Å². The first kappa shape index (κ1) is 20.4. The van der Waals surface area contributed by atoms with Crippen LogP contribution < -0.4 is 0 Å². The van der Waals surface area contributed by atoms with E-state index in [0.29, 0.717) is 0 Å². The van der Waals surface area contributed by atoms with E-state index in [9.17, 15) is 4.79 Å². The Balaban J connectivity index is 1.62. The van der Waals surface area contributed by atoms with E-state index in [-0.39, 0.29) is 23.4 Å². The summed E-state index contributed by atoms with van der Waals surface area (Å²) in [6.45, 7) is 4.27. The van der Waals surface area contributed by atoms with E-state index in [1.807, 2.05) is 30.3 Å². The highest BCUT2D eigenvalue weighted by molar-refractivity contribution is 5.94. The minimum atomic E-state index is 0.0253. The van der Waals surface area contributed by atoms with Gasteiger partial charge in [-0.2, -0.15) is 0 Å². The normalized spacial score (nSPS) is 16.4. The van der Waals surface area contributed by atoms with E-state index >= 15 is 0 Å². The summed E-state index contributed by atoms with van der Waals surface area (Å²) >= 11 is 0. The standard InChI is InChI=1S/C28H31NO/c1-22(2)29(27(30)23-12-6-3-7-13-23)26-18-20-28(21-19-26,24-14-8-4-9-15-24)25-16-10-5-11-17-25/h3-17,22,26H,18-21H2,1-2H3. The SMILES string of the molecule is CC(C)N(C(=O)c1ccccc1)C1CCC(c2ccccc2)(c2ccccc2)CC1. The average molecular weight is 398 g/mol. The summed E-state index contributed by atoms with van der Waals surface area (Å²) in [5, 5.41) is 0. The number of nitrogens with zero attached hydrogens (tertiary/aromatic N) is 1. The largest absolute Gasteiger partial charge is 0.333 e. The third-order valence-electron chi connectivity index (χ3n) is 6.67. The second-order valence-electron chi connectivity index (χ2n) is 8.72. The number of benzene rings is 3. The smallest absolute Gasteiger partial charge is 0.254 e. The molecule has 0 saturated heterocycles. The zero-order valence-electron chi connectivity index (χ0n) is 18.0. The van der Waals surface area contributed by atoms with Gasteiger partial charge in [0.15, 0.2) is 0 Å². The minimum absolute atomic E-state index is 0.0253. The van der Waals surface area contributed by atoms with Crippen LogP contribution in [-0.4, -0.2) is 22.9 Å². The fraction of sp³-hybridized carbons (Fsp3) is 0.321. The molecule has 2 nitrogen and oxygen atoms in total. The van der Waals surface area contributed by atoms with Gasteiger partial charge in [-0.05, 0) is 62.8 Å². The Hall–Kier alpha value is -2.87. The van der Waals surface area contributed by atoms with Gasteiger partial charge < -0.3 is 4.90 Å². The first-order chi connectivity index (χ1) is 14.6. The Kier molecular flexibility index (Phi) is 6.03. The molecule has 1 aliphatic carbocycles. The Morgan fingerprint density at radius 3 is 1.63 bits per heavy atom. The van der Waals surface area contributed by atoms with Gasteiger partial charge in [0.1, 0.15) is 0 Å². The first-order valence-corrected chi connectivity index (χ1v) is 11.1. The third kappa shape index (κ3) is 3.92. The lowest BCUT2D eigenvalue weighted by Gasteiger charge is -2.45. The van der Waals surface area contributed by atoms with E-state index in [1.165, 1.54) is 11.1 Å². The summed E-state index contributed by atoms with van der Waals surface area (Å²) in [4.78, 5) is 15.4. The van der Waals surface area contributed by atoms with Crippen LogP contribution in [0.15, 0.2) is 91.0 Å². The maximum absolute atomic E-state index is 13.3. The molecule has 4 rings (SSSR count). The van der Waals surface area contributed by atoms with Crippen LogP contribution in [0.2, 0.25) is 0 Å². The van der Waals surface area contributed by atoms with Crippen LogP contribution in [0.4, 0.5) is 0 Å². The number of carbonyl (C=O) groups excluding carboxylic acids is 1. The van der Waals surface area contributed by atoms with Crippen LogP contribution in [0.3, 0.4) is 0 Å². The third-order valence-corrected chi connectivity index (χ3v) is 6.67. The molecular weight excluding hydrogens is 366 g/mol. The van der Waals surface area contributed by atoms with Gasteiger partial charge >= 0.3 is 0 Å². The van der Waals surface area contributed by atoms with Crippen molar-refractivity contribution in [2.75, 3.05) is 0 Å². The predicted octanol–water partition coefficient (Wildman–Crippen LogP) is 6.47. The topological polar surface area (TPSA) is 20.3 Å². The van der Waals surface area contributed by atoms with Crippen molar-refractivity contribution in [3.05, 3.63) is 108 Å². The van der Waals surface area contributed by atoms with E-state index in [2.05, 4.69) is 79.4 Å². The summed E-state index contributed by atoms with van der Waals surface area (Å²) in [5.41, 5.74) is 3.59. The van der Waals surface area contributed by atoms with Crippen molar-refractivity contribution in [3.63, 3.8) is 0 Å². The second kappa shape index (κ2) is 8.87. The van der Waals surface area contributed by atoms with Gasteiger partial charge in [-0.3, -0.25) is 4.79 Å². The number of hydrogen-bond donors (Lipinski definition) is 0. The Labute approximate surface area is 180 Å². The molecule has 0 aliphatic heterocycles. The molecule has 30 heavy (non-hydrogen) atoms. The molecule has 0 unspecified atom stereocenters. The van der Waals surface area contributed by atoms with Crippen molar-refractivity contribution in [1.29, 1.82) is 0 Å². The van der Waals surface area contributed by atoms with Gasteiger partial charge in [-0.25, -0.2) is 0 Å². The molecule has 3 aromatic carbocycles. The lowest BCUT2D eigenvalue weighted by Crippen LogP contribution is -2.48.